The van der Waals surface area contributed by atoms with Gasteiger partial charge in [-0.1, -0.05) is 41.5 Å². The third-order valence-corrected chi connectivity index (χ3v) is 3.79. The first-order valence-electron chi connectivity index (χ1n) is 8.04. The molecule has 118 valence electrons. The third-order valence-electron chi connectivity index (χ3n) is 3.79. The van der Waals surface area contributed by atoms with Gasteiger partial charge in [0.2, 0.25) is 5.91 Å². The fraction of sp³-hybridized carbons (Fsp3) is 0.941. The number of amides is 1. The van der Waals surface area contributed by atoms with Crippen molar-refractivity contribution in [2.24, 2.45) is 16.7 Å². The molecule has 0 spiro atoms. The van der Waals surface area contributed by atoms with Crippen LogP contribution in [0, 0.1) is 16.7 Å². The van der Waals surface area contributed by atoms with E-state index in [1.165, 1.54) is 19.3 Å². The van der Waals surface area contributed by atoms with E-state index in [-0.39, 0.29) is 11.3 Å². The topological polar surface area (TPSA) is 32.3 Å². The maximum atomic E-state index is 11.9. The van der Waals surface area contributed by atoms with Crippen molar-refractivity contribution in [3.8, 4) is 0 Å². The molecule has 3 heteroatoms. The van der Waals surface area contributed by atoms with Crippen LogP contribution in [0.3, 0.4) is 0 Å². The highest BCUT2D eigenvalue weighted by Crippen LogP contribution is 2.30. The Morgan fingerprint density at radius 2 is 1.60 bits per heavy atom. The lowest BCUT2D eigenvalue weighted by Gasteiger charge is -2.34. The minimum absolute atomic E-state index is 0.162. The zero-order valence-corrected chi connectivity index (χ0v) is 14.4. The average molecular weight is 282 g/mol. The minimum Gasteiger partial charge on any atom is -0.354 e. The van der Waals surface area contributed by atoms with Crippen LogP contribution in [0.15, 0.2) is 0 Å². The van der Waals surface area contributed by atoms with Crippen LogP contribution in [0.4, 0.5) is 0 Å². The molecule has 1 heterocycles. The second-order valence-corrected chi connectivity index (χ2v) is 8.82. The number of carbonyl (C=O) groups is 1. The number of likely N-dealkylation sites (tertiary alicyclic amines) is 1. The lowest BCUT2D eigenvalue weighted by atomic mass is 9.80. The summed E-state index contributed by atoms with van der Waals surface area (Å²) in [5.74, 6) is 1.01. The monoisotopic (exact) mass is 282 g/mol. The molecule has 0 atom stereocenters. The van der Waals surface area contributed by atoms with Crippen molar-refractivity contribution in [2.45, 2.75) is 60.8 Å². The van der Waals surface area contributed by atoms with Crippen molar-refractivity contribution in [3.63, 3.8) is 0 Å². The van der Waals surface area contributed by atoms with Gasteiger partial charge in [-0.2, -0.15) is 0 Å². The third kappa shape index (κ3) is 7.88. The first-order chi connectivity index (χ1) is 9.05. The van der Waals surface area contributed by atoms with E-state index in [2.05, 4.69) is 51.8 Å². The van der Waals surface area contributed by atoms with Gasteiger partial charge in [-0.05, 0) is 49.1 Å². The predicted octanol–water partition coefficient (Wildman–Crippen LogP) is 3.30. The highest BCUT2D eigenvalue weighted by atomic mass is 16.2. The lowest BCUT2D eigenvalue weighted by molar-refractivity contribution is -0.123. The number of hydrogen-bond donors (Lipinski definition) is 1. The number of rotatable bonds is 4. The van der Waals surface area contributed by atoms with E-state index in [0.717, 1.165) is 25.6 Å². The van der Waals surface area contributed by atoms with Gasteiger partial charge in [0.05, 0.1) is 6.54 Å². The lowest BCUT2D eigenvalue weighted by Crippen LogP contribution is -2.43. The fourth-order valence-corrected chi connectivity index (χ4v) is 2.84. The Morgan fingerprint density at radius 3 is 2.05 bits per heavy atom. The maximum absolute atomic E-state index is 11.9. The van der Waals surface area contributed by atoms with Gasteiger partial charge < -0.3 is 5.32 Å². The standard InChI is InChI=1S/C17H34N2O/c1-16(2,3)11-14-7-9-19(10-8-14)12-15(20)18-13-17(4,5)6/h14H,7-13H2,1-6H3,(H,18,20). The Balaban J connectivity index is 2.24. The largest absolute Gasteiger partial charge is 0.354 e. The Bertz CT molecular complexity index is 304. The molecule has 1 fully saturated rings. The summed E-state index contributed by atoms with van der Waals surface area (Å²) in [6.07, 6.45) is 3.78. The minimum atomic E-state index is 0.162. The summed E-state index contributed by atoms with van der Waals surface area (Å²) >= 11 is 0. The SMILES string of the molecule is CC(C)(C)CNC(=O)CN1CCC(CC(C)(C)C)CC1. The summed E-state index contributed by atoms with van der Waals surface area (Å²) in [6, 6.07) is 0. The molecule has 1 rings (SSSR count). The van der Waals surface area contributed by atoms with Crippen LogP contribution >= 0.6 is 0 Å². The maximum Gasteiger partial charge on any atom is 0.234 e. The Kier molecular flexibility index (Phi) is 6.06. The van der Waals surface area contributed by atoms with Crippen LogP contribution < -0.4 is 5.32 Å². The summed E-state index contributed by atoms with van der Waals surface area (Å²) < 4.78 is 0. The molecular formula is C17H34N2O. The van der Waals surface area contributed by atoms with Crippen LogP contribution in [-0.4, -0.2) is 37.0 Å². The second-order valence-electron chi connectivity index (χ2n) is 8.82. The van der Waals surface area contributed by atoms with Gasteiger partial charge in [-0.25, -0.2) is 0 Å². The molecule has 20 heavy (non-hydrogen) atoms. The van der Waals surface area contributed by atoms with Crippen LogP contribution in [0.25, 0.3) is 0 Å². The summed E-state index contributed by atoms with van der Waals surface area (Å²) in [7, 11) is 0. The Hall–Kier alpha value is -0.570. The van der Waals surface area contributed by atoms with E-state index in [0.29, 0.717) is 12.0 Å². The summed E-state index contributed by atoms with van der Waals surface area (Å²) in [6.45, 7) is 16.9. The number of nitrogens with zero attached hydrogens (tertiary/aromatic N) is 1. The van der Waals surface area contributed by atoms with Crippen LogP contribution in [0.2, 0.25) is 0 Å². The van der Waals surface area contributed by atoms with Crippen molar-refractivity contribution < 1.29 is 4.79 Å². The molecule has 0 aliphatic carbocycles. The number of carbonyl (C=O) groups excluding carboxylic acids is 1. The molecule has 1 amide bonds. The van der Waals surface area contributed by atoms with Crippen molar-refractivity contribution in [2.75, 3.05) is 26.2 Å². The van der Waals surface area contributed by atoms with Crippen molar-refractivity contribution in [1.82, 2.24) is 10.2 Å². The van der Waals surface area contributed by atoms with Gasteiger partial charge in [0, 0.05) is 6.54 Å². The van der Waals surface area contributed by atoms with Crippen LogP contribution in [0.1, 0.15) is 60.8 Å². The fourth-order valence-electron chi connectivity index (χ4n) is 2.84. The molecule has 1 aliphatic rings. The summed E-state index contributed by atoms with van der Waals surface area (Å²) in [5.41, 5.74) is 0.590. The zero-order chi connectivity index (χ0) is 15.4. The molecule has 0 bridgehead atoms. The predicted molar refractivity (Wildman–Crippen MR) is 85.7 cm³/mol. The molecule has 0 unspecified atom stereocenters. The van der Waals surface area contributed by atoms with E-state index >= 15 is 0 Å². The molecule has 1 saturated heterocycles. The van der Waals surface area contributed by atoms with Gasteiger partial charge in [0.1, 0.15) is 0 Å². The Morgan fingerprint density at radius 1 is 1.05 bits per heavy atom. The second kappa shape index (κ2) is 6.93. The summed E-state index contributed by atoms with van der Waals surface area (Å²) in [5, 5.41) is 3.04. The molecule has 0 aromatic carbocycles. The van der Waals surface area contributed by atoms with Gasteiger partial charge in [-0.3, -0.25) is 9.69 Å². The van der Waals surface area contributed by atoms with Gasteiger partial charge >= 0.3 is 0 Å². The van der Waals surface area contributed by atoms with Crippen molar-refractivity contribution in [3.05, 3.63) is 0 Å². The first kappa shape index (κ1) is 17.5. The number of hydrogen-bond acceptors (Lipinski definition) is 2. The van der Waals surface area contributed by atoms with Crippen LogP contribution in [0.5, 0.6) is 0 Å². The van der Waals surface area contributed by atoms with Gasteiger partial charge in [-0.15, -0.1) is 0 Å². The summed E-state index contributed by atoms with van der Waals surface area (Å²) in [4.78, 5) is 14.2. The molecule has 0 aromatic rings. The normalized spacial score (nSPS) is 19.1. The van der Waals surface area contributed by atoms with Gasteiger partial charge in [0.25, 0.3) is 0 Å². The molecule has 3 nitrogen and oxygen atoms in total. The molecule has 0 aromatic heterocycles. The number of nitrogens with one attached hydrogen (secondary N) is 1. The van der Waals surface area contributed by atoms with Crippen LogP contribution in [-0.2, 0) is 4.79 Å². The molecule has 1 N–H and O–H groups in total. The molecular weight excluding hydrogens is 248 g/mol. The van der Waals surface area contributed by atoms with Crippen molar-refractivity contribution >= 4 is 5.91 Å². The first-order valence-corrected chi connectivity index (χ1v) is 8.04. The van der Waals surface area contributed by atoms with E-state index in [9.17, 15) is 4.79 Å². The highest BCUT2D eigenvalue weighted by molar-refractivity contribution is 5.78. The van der Waals surface area contributed by atoms with E-state index in [4.69, 9.17) is 0 Å². The quantitative estimate of drug-likeness (QED) is 0.858. The zero-order valence-electron chi connectivity index (χ0n) is 14.4. The van der Waals surface area contributed by atoms with E-state index in [1.54, 1.807) is 0 Å². The Labute approximate surface area is 125 Å². The van der Waals surface area contributed by atoms with Crippen molar-refractivity contribution in [1.29, 1.82) is 0 Å². The average Bonchev–Trinajstić information content (AvgIpc) is 2.26. The number of piperidine rings is 1. The molecule has 1 aliphatic heterocycles. The highest BCUT2D eigenvalue weighted by Gasteiger charge is 2.24. The molecule has 0 saturated carbocycles. The smallest absolute Gasteiger partial charge is 0.234 e. The van der Waals surface area contributed by atoms with E-state index < -0.39 is 0 Å². The molecule has 0 radical (unpaired) electrons. The van der Waals surface area contributed by atoms with E-state index in [1.807, 2.05) is 0 Å². The van der Waals surface area contributed by atoms with Gasteiger partial charge in [0.15, 0.2) is 0 Å².